The van der Waals surface area contributed by atoms with Gasteiger partial charge in [-0.05, 0) is 37.5 Å². The number of amides is 1. The summed E-state index contributed by atoms with van der Waals surface area (Å²) in [5.74, 6) is 1.12. The van der Waals surface area contributed by atoms with Gasteiger partial charge in [0.2, 0.25) is 5.91 Å². The van der Waals surface area contributed by atoms with Crippen molar-refractivity contribution in [3.8, 4) is 5.69 Å². The van der Waals surface area contributed by atoms with Crippen LogP contribution in [0.25, 0.3) is 5.69 Å². The fourth-order valence-corrected chi connectivity index (χ4v) is 4.25. The summed E-state index contributed by atoms with van der Waals surface area (Å²) in [7, 11) is 0. The lowest BCUT2D eigenvalue weighted by Gasteiger charge is -2.40. The first-order valence-electron chi connectivity index (χ1n) is 10.0. The third kappa shape index (κ3) is 5.09. The van der Waals surface area contributed by atoms with Crippen LogP contribution in [0.2, 0.25) is 0 Å². The number of carbonyl (C=O) groups excluding carboxylic acids is 1. The average molecular weight is 508 g/mol. The van der Waals surface area contributed by atoms with Crippen molar-refractivity contribution in [3.05, 3.63) is 48.5 Å². The maximum atomic E-state index is 11.8. The molecule has 1 aromatic carbocycles. The highest BCUT2D eigenvalue weighted by molar-refractivity contribution is 14.0. The molecular weight excluding hydrogens is 479 g/mol. The number of imidazole rings is 1. The fraction of sp³-hybridized carbons (Fsp3) is 0.476. The van der Waals surface area contributed by atoms with Crippen LogP contribution in [0.1, 0.15) is 31.7 Å². The lowest BCUT2D eigenvalue weighted by atomic mass is 9.79. The molecule has 0 radical (unpaired) electrons. The van der Waals surface area contributed by atoms with Crippen molar-refractivity contribution in [3.63, 3.8) is 0 Å². The van der Waals surface area contributed by atoms with Gasteiger partial charge in [0.1, 0.15) is 0 Å². The molecule has 1 amide bonds. The summed E-state index contributed by atoms with van der Waals surface area (Å²) in [6.07, 6.45) is 8.36. The van der Waals surface area contributed by atoms with Gasteiger partial charge in [0.05, 0.1) is 12.9 Å². The minimum absolute atomic E-state index is 0. The van der Waals surface area contributed by atoms with E-state index in [1.54, 1.807) is 12.5 Å². The van der Waals surface area contributed by atoms with Crippen LogP contribution < -0.4 is 10.6 Å². The molecule has 0 saturated carbocycles. The molecule has 1 spiro atoms. The summed E-state index contributed by atoms with van der Waals surface area (Å²) in [5, 5.41) is 6.45. The van der Waals surface area contributed by atoms with E-state index in [9.17, 15) is 4.79 Å². The van der Waals surface area contributed by atoms with E-state index in [0.29, 0.717) is 13.0 Å². The lowest BCUT2D eigenvalue weighted by molar-refractivity contribution is -0.119. The van der Waals surface area contributed by atoms with Crippen molar-refractivity contribution in [1.82, 2.24) is 25.1 Å². The molecule has 0 bridgehead atoms. The Labute approximate surface area is 189 Å². The normalized spacial score (nSPS) is 21.8. The van der Waals surface area contributed by atoms with Crippen LogP contribution in [0.3, 0.4) is 0 Å². The minimum atomic E-state index is 0. The molecule has 2 N–H and O–H groups in total. The highest BCUT2D eigenvalue weighted by atomic mass is 127. The molecule has 1 unspecified atom stereocenters. The zero-order chi connectivity index (χ0) is 19.4. The first kappa shape index (κ1) is 21.6. The smallest absolute Gasteiger partial charge is 0.220 e. The van der Waals surface area contributed by atoms with Gasteiger partial charge >= 0.3 is 0 Å². The van der Waals surface area contributed by atoms with Crippen LogP contribution in [0, 0.1) is 5.41 Å². The predicted octanol–water partition coefficient (Wildman–Crippen LogP) is 2.56. The minimum Gasteiger partial charge on any atom is -0.357 e. The van der Waals surface area contributed by atoms with E-state index < -0.39 is 0 Å². The summed E-state index contributed by atoms with van der Waals surface area (Å²) in [6.45, 7) is 6.19. The van der Waals surface area contributed by atoms with Crippen LogP contribution in [0.4, 0.5) is 0 Å². The van der Waals surface area contributed by atoms with Crippen molar-refractivity contribution in [2.24, 2.45) is 10.4 Å². The number of hydrogen-bond donors (Lipinski definition) is 2. The van der Waals surface area contributed by atoms with Gasteiger partial charge in [-0.3, -0.25) is 4.79 Å². The number of aliphatic imine (C=N–C) groups is 1. The number of hydrogen-bond acceptors (Lipinski definition) is 3. The van der Waals surface area contributed by atoms with E-state index in [1.807, 2.05) is 10.8 Å². The number of guanidine groups is 1. The topological polar surface area (TPSA) is 74.6 Å². The van der Waals surface area contributed by atoms with Crippen molar-refractivity contribution < 1.29 is 4.79 Å². The van der Waals surface area contributed by atoms with Crippen molar-refractivity contribution in [2.45, 2.75) is 32.7 Å². The molecule has 8 heteroatoms. The number of halogens is 1. The lowest BCUT2D eigenvalue weighted by Crippen LogP contribution is -2.51. The number of nitrogens with one attached hydrogen (secondary N) is 2. The molecular formula is C21H29IN6O. The first-order valence-corrected chi connectivity index (χ1v) is 10.0. The van der Waals surface area contributed by atoms with E-state index in [1.165, 1.54) is 0 Å². The second-order valence-electron chi connectivity index (χ2n) is 7.79. The number of likely N-dealkylation sites (tertiary alicyclic amines) is 1. The summed E-state index contributed by atoms with van der Waals surface area (Å²) in [4.78, 5) is 23.1. The summed E-state index contributed by atoms with van der Waals surface area (Å²) in [6, 6.07) is 8.37. The molecule has 3 heterocycles. The third-order valence-electron chi connectivity index (χ3n) is 5.62. The Morgan fingerprint density at radius 1 is 1.41 bits per heavy atom. The van der Waals surface area contributed by atoms with Crippen LogP contribution >= 0.6 is 24.0 Å². The van der Waals surface area contributed by atoms with Gasteiger partial charge in [0.25, 0.3) is 0 Å². The monoisotopic (exact) mass is 508 g/mol. The van der Waals surface area contributed by atoms with E-state index in [2.05, 4.69) is 51.7 Å². The molecule has 2 saturated heterocycles. The first-order chi connectivity index (χ1) is 13.7. The van der Waals surface area contributed by atoms with E-state index in [4.69, 9.17) is 4.99 Å². The highest BCUT2D eigenvalue weighted by Gasteiger charge is 2.42. The second kappa shape index (κ2) is 9.60. The molecule has 4 rings (SSSR count). The van der Waals surface area contributed by atoms with Gasteiger partial charge in [-0.2, -0.15) is 0 Å². The number of carbonyl (C=O) groups is 1. The third-order valence-corrected chi connectivity index (χ3v) is 5.62. The largest absolute Gasteiger partial charge is 0.357 e. The molecule has 7 nitrogen and oxygen atoms in total. The molecule has 2 aliphatic rings. The van der Waals surface area contributed by atoms with E-state index in [-0.39, 0.29) is 35.3 Å². The SMILES string of the molecule is CCNC(=NCc1cccc(-n2ccnc2)c1)N1CCCC2(CNC(=O)C2)C1.I. The number of benzene rings is 1. The highest BCUT2D eigenvalue weighted by Crippen LogP contribution is 2.36. The quantitative estimate of drug-likeness (QED) is 0.379. The van der Waals surface area contributed by atoms with Crippen molar-refractivity contribution >= 4 is 35.8 Å². The molecule has 2 fully saturated rings. The Morgan fingerprint density at radius 3 is 3.03 bits per heavy atom. The zero-order valence-electron chi connectivity index (χ0n) is 16.8. The maximum absolute atomic E-state index is 11.8. The molecule has 2 aliphatic heterocycles. The maximum Gasteiger partial charge on any atom is 0.220 e. The predicted molar refractivity (Wildman–Crippen MR) is 125 cm³/mol. The second-order valence-corrected chi connectivity index (χ2v) is 7.79. The molecule has 1 aromatic heterocycles. The van der Waals surface area contributed by atoms with Gasteiger partial charge in [0.15, 0.2) is 5.96 Å². The van der Waals surface area contributed by atoms with Gasteiger partial charge in [-0.25, -0.2) is 9.98 Å². The number of aromatic nitrogens is 2. The van der Waals surface area contributed by atoms with Gasteiger partial charge in [0, 0.05) is 56.1 Å². The number of rotatable bonds is 4. The Bertz CT molecular complexity index is 853. The molecule has 29 heavy (non-hydrogen) atoms. The van der Waals surface area contributed by atoms with Gasteiger partial charge < -0.3 is 20.1 Å². The summed E-state index contributed by atoms with van der Waals surface area (Å²) >= 11 is 0. The van der Waals surface area contributed by atoms with Gasteiger partial charge in [-0.1, -0.05) is 12.1 Å². The summed E-state index contributed by atoms with van der Waals surface area (Å²) in [5.41, 5.74) is 2.31. The van der Waals surface area contributed by atoms with Gasteiger partial charge in [-0.15, -0.1) is 24.0 Å². The summed E-state index contributed by atoms with van der Waals surface area (Å²) < 4.78 is 2.00. The molecule has 1 atom stereocenters. The van der Waals surface area contributed by atoms with Crippen molar-refractivity contribution in [1.29, 1.82) is 0 Å². The fourth-order valence-electron chi connectivity index (χ4n) is 4.25. The van der Waals surface area contributed by atoms with Crippen LogP contribution in [-0.4, -0.2) is 52.5 Å². The standard InChI is InChI=1S/C21H28N6O.HI/c1-2-23-20(26-9-4-7-21(15-26)12-19(28)25-14-21)24-13-17-5-3-6-18(11-17)27-10-8-22-16-27;/h3,5-6,8,10-11,16H,2,4,7,9,12-15H2,1H3,(H,23,24)(H,25,28);1H. The Balaban J connectivity index is 0.00000240. The Morgan fingerprint density at radius 2 is 2.31 bits per heavy atom. The molecule has 0 aliphatic carbocycles. The van der Waals surface area contributed by atoms with Crippen LogP contribution in [0.5, 0.6) is 0 Å². The Kier molecular flexibility index (Phi) is 7.15. The van der Waals surface area contributed by atoms with Crippen LogP contribution in [-0.2, 0) is 11.3 Å². The van der Waals surface area contributed by atoms with Crippen LogP contribution in [0.15, 0.2) is 48.0 Å². The number of piperidine rings is 1. The molecule has 2 aromatic rings. The zero-order valence-corrected chi connectivity index (χ0v) is 19.1. The number of nitrogens with zero attached hydrogens (tertiary/aromatic N) is 4. The van der Waals surface area contributed by atoms with Crippen molar-refractivity contribution in [2.75, 3.05) is 26.2 Å². The van der Waals surface area contributed by atoms with E-state index in [0.717, 1.165) is 56.2 Å². The Hall–Kier alpha value is -2.10. The van der Waals surface area contributed by atoms with E-state index >= 15 is 0 Å². The molecule has 156 valence electrons. The average Bonchev–Trinajstić information content (AvgIpc) is 3.36.